The monoisotopic (exact) mass is 499 g/mol. The van der Waals surface area contributed by atoms with Gasteiger partial charge < -0.3 is 24.6 Å². The van der Waals surface area contributed by atoms with Gasteiger partial charge in [0.2, 0.25) is 11.8 Å². The highest BCUT2D eigenvalue weighted by Gasteiger charge is 2.47. The molecular weight excluding hydrogens is 460 g/mol. The van der Waals surface area contributed by atoms with Crippen LogP contribution in [0.4, 0.5) is 5.69 Å². The molecule has 1 saturated carbocycles. The van der Waals surface area contributed by atoms with Gasteiger partial charge in [0.15, 0.2) is 0 Å². The third-order valence-corrected chi connectivity index (χ3v) is 8.81. The number of benzene rings is 1. The maximum absolute atomic E-state index is 13.3. The smallest absolute Gasteiger partial charge is 0.255 e. The number of piperidine rings is 2. The SMILES string of the molecule is [2H]C([2H])([2H])Oc1c(N2CC3(CCC(OC4CCNCC4)CC3)C2)ccc2c1CN(C1CCC(=O)NC1=O)C2=O. The van der Waals surface area contributed by atoms with E-state index in [9.17, 15) is 14.4 Å². The summed E-state index contributed by atoms with van der Waals surface area (Å²) in [6.07, 6.45) is 7.42. The van der Waals surface area contributed by atoms with Crippen molar-refractivity contribution in [3.05, 3.63) is 23.3 Å². The van der Waals surface area contributed by atoms with Gasteiger partial charge in [-0.3, -0.25) is 19.7 Å². The van der Waals surface area contributed by atoms with Crippen LogP contribution in [0.2, 0.25) is 0 Å². The molecule has 1 unspecified atom stereocenters. The van der Waals surface area contributed by atoms with E-state index in [0.29, 0.717) is 29.0 Å². The average Bonchev–Trinajstić information content (AvgIpc) is 3.20. The first-order chi connectivity index (χ1) is 18.6. The normalized spacial score (nSPS) is 28.3. The lowest BCUT2D eigenvalue weighted by Crippen LogP contribution is -2.58. The number of anilines is 1. The molecule has 1 atom stereocenters. The molecule has 0 aromatic heterocycles. The van der Waals surface area contributed by atoms with Crippen molar-refractivity contribution in [1.82, 2.24) is 15.5 Å². The van der Waals surface area contributed by atoms with Gasteiger partial charge in [0.1, 0.15) is 11.8 Å². The summed E-state index contributed by atoms with van der Waals surface area (Å²) in [4.78, 5) is 40.9. The summed E-state index contributed by atoms with van der Waals surface area (Å²) in [5.74, 6) is -1.02. The summed E-state index contributed by atoms with van der Waals surface area (Å²) in [5, 5.41) is 5.68. The zero-order valence-electron chi connectivity index (χ0n) is 23.5. The van der Waals surface area contributed by atoms with Gasteiger partial charge >= 0.3 is 0 Å². The standard InChI is InChI=1S/C27H36N4O5/c1-35-24-20-14-31(22-4-5-23(32)29-25(22)33)26(34)19(20)2-3-21(24)30-15-27(16-30)10-6-17(7-11-27)36-18-8-12-28-13-9-18/h2-3,17-18,22,28H,4-16H2,1H3,(H,29,32,33)/i1D3. The van der Waals surface area contributed by atoms with Gasteiger partial charge in [-0.05, 0) is 70.2 Å². The van der Waals surface area contributed by atoms with Crippen molar-refractivity contribution in [1.29, 1.82) is 0 Å². The van der Waals surface area contributed by atoms with E-state index >= 15 is 0 Å². The van der Waals surface area contributed by atoms with Gasteiger partial charge in [0.25, 0.3) is 5.91 Å². The molecule has 9 nitrogen and oxygen atoms in total. The number of nitrogens with one attached hydrogen (secondary N) is 2. The second-order valence-electron chi connectivity index (χ2n) is 11.1. The average molecular weight is 500 g/mol. The summed E-state index contributed by atoms with van der Waals surface area (Å²) in [5.41, 5.74) is 1.67. The van der Waals surface area contributed by atoms with Crippen LogP contribution in [-0.2, 0) is 20.9 Å². The zero-order chi connectivity index (χ0) is 27.4. The van der Waals surface area contributed by atoms with E-state index in [1.165, 1.54) is 4.90 Å². The number of ether oxygens (including phenoxy) is 2. The molecule has 1 aromatic carbocycles. The number of nitrogens with zero attached hydrogens (tertiary/aromatic N) is 2. The first kappa shape index (κ1) is 20.4. The van der Waals surface area contributed by atoms with E-state index in [1.807, 2.05) is 0 Å². The van der Waals surface area contributed by atoms with Crippen LogP contribution < -0.4 is 20.3 Å². The minimum Gasteiger partial charge on any atom is -0.494 e. The van der Waals surface area contributed by atoms with Crippen LogP contribution in [0.25, 0.3) is 0 Å². The second-order valence-corrected chi connectivity index (χ2v) is 11.1. The van der Waals surface area contributed by atoms with Gasteiger partial charge in [0.05, 0.1) is 35.6 Å². The van der Waals surface area contributed by atoms with E-state index in [0.717, 1.165) is 64.7 Å². The summed E-state index contributed by atoms with van der Waals surface area (Å²) < 4.78 is 35.3. The summed E-state index contributed by atoms with van der Waals surface area (Å²) in [7, 11) is -2.69. The Morgan fingerprint density at radius 2 is 1.78 bits per heavy atom. The summed E-state index contributed by atoms with van der Waals surface area (Å²) in [6, 6.07) is 2.70. The van der Waals surface area contributed by atoms with Crippen LogP contribution in [0.15, 0.2) is 12.1 Å². The van der Waals surface area contributed by atoms with E-state index in [2.05, 4.69) is 15.5 Å². The zero-order valence-corrected chi connectivity index (χ0v) is 20.5. The Morgan fingerprint density at radius 3 is 2.50 bits per heavy atom. The molecule has 194 valence electrons. The molecule has 4 aliphatic heterocycles. The van der Waals surface area contributed by atoms with Crippen molar-refractivity contribution >= 4 is 23.4 Å². The second kappa shape index (κ2) is 9.34. The minimum absolute atomic E-state index is 0.0639. The molecule has 2 N–H and O–H groups in total. The number of rotatable bonds is 5. The van der Waals surface area contributed by atoms with E-state index < -0.39 is 19.0 Å². The fourth-order valence-corrected chi connectivity index (χ4v) is 6.76. The Bertz CT molecular complexity index is 1150. The molecule has 0 bridgehead atoms. The molecular formula is C27H36N4O5. The molecule has 0 radical (unpaired) electrons. The van der Waals surface area contributed by atoms with Crippen molar-refractivity contribution in [2.45, 2.75) is 76.2 Å². The highest BCUT2D eigenvalue weighted by Crippen LogP contribution is 2.49. The van der Waals surface area contributed by atoms with Gasteiger partial charge in [-0.2, -0.15) is 0 Å². The number of hydrogen-bond acceptors (Lipinski definition) is 7. The molecule has 1 aliphatic carbocycles. The number of hydrogen-bond donors (Lipinski definition) is 2. The molecule has 1 aromatic rings. The predicted octanol–water partition coefficient (Wildman–Crippen LogP) is 1.97. The fourth-order valence-electron chi connectivity index (χ4n) is 6.76. The Balaban J connectivity index is 1.16. The maximum Gasteiger partial charge on any atom is 0.255 e. The molecule has 9 heteroatoms. The van der Waals surface area contributed by atoms with Crippen LogP contribution in [0, 0.1) is 5.41 Å². The van der Waals surface area contributed by atoms with Crippen LogP contribution in [0.5, 0.6) is 5.75 Å². The Labute approximate surface area is 216 Å². The predicted molar refractivity (Wildman–Crippen MR) is 133 cm³/mol. The highest BCUT2D eigenvalue weighted by molar-refractivity contribution is 6.06. The van der Waals surface area contributed by atoms with Crippen molar-refractivity contribution in [3.63, 3.8) is 0 Å². The van der Waals surface area contributed by atoms with Crippen molar-refractivity contribution in [3.8, 4) is 5.75 Å². The number of amides is 3. The number of carbonyl (C=O) groups is 3. The van der Waals surface area contributed by atoms with Gasteiger partial charge in [0, 0.05) is 36.1 Å². The van der Waals surface area contributed by atoms with Gasteiger partial charge in [-0.15, -0.1) is 0 Å². The largest absolute Gasteiger partial charge is 0.494 e. The van der Waals surface area contributed by atoms with E-state index in [1.54, 1.807) is 12.1 Å². The summed E-state index contributed by atoms with van der Waals surface area (Å²) in [6.45, 7) is 3.71. The molecule has 6 rings (SSSR count). The van der Waals surface area contributed by atoms with Crippen molar-refractivity contribution < 1.29 is 28.0 Å². The summed E-state index contributed by atoms with van der Waals surface area (Å²) >= 11 is 0. The topological polar surface area (TPSA) is 100 Å². The highest BCUT2D eigenvalue weighted by atomic mass is 16.5. The number of imide groups is 1. The Hall–Kier alpha value is -2.65. The molecule has 3 saturated heterocycles. The van der Waals surface area contributed by atoms with Crippen LogP contribution in [0.1, 0.15) is 71.4 Å². The van der Waals surface area contributed by atoms with Crippen LogP contribution in [0.3, 0.4) is 0 Å². The minimum atomic E-state index is -2.69. The lowest BCUT2D eigenvalue weighted by molar-refractivity contribution is -0.136. The number of fused-ring (bicyclic) bond motifs is 1. The number of methoxy groups -OCH3 is 1. The molecule has 4 fully saturated rings. The Morgan fingerprint density at radius 1 is 1.03 bits per heavy atom. The third kappa shape index (κ3) is 4.16. The van der Waals surface area contributed by atoms with Gasteiger partial charge in [-0.25, -0.2) is 0 Å². The van der Waals surface area contributed by atoms with Crippen molar-refractivity contribution in [2.75, 3.05) is 38.1 Å². The third-order valence-electron chi connectivity index (χ3n) is 8.81. The lowest BCUT2D eigenvalue weighted by Gasteiger charge is -2.55. The quantitative estimate of drug-likeness (QED) is 0.598. The lowest BCUT2D eigenvalue weighted by atomic mass is 9.67. The van der Waals surface area contributed by atoms with E-state index in [-0.39, 0.29) is 42.4 Å². The Kier molecular flexibility index (Phi) is 5.29. The number of carbonyl (C=O) groups excluding carboxylic acids is 3. The van der Waals surface area contributed by atoms with E-state index in [4.69, 9.17) is 13.6 Å². The molecule has 3 amide bonds. The first-order valence-electron chi connectivity index (χ1n) is 14.7. The fraction of sp³-hybridized carbons (Fsp3) is 0.667. The maximum atomic E-state index is 13.3. The molecule has 1 spiro atoms. The van der Waals surface area contributed by atoms with Gasteiger partial charge in [-0.1, -0.05) is 0 Å². The molecule has 4 heterocycles. The molecule has 36 heavy (non-hydrogen) atoms. The van der Waals surface area contributed by atoms with Crippen LogP contribution in [-0.4, -0.2) is 74.1 Å². The van der Waals surface area contributed by atoms with Crippen molar-refractivity contribution in [2.24, 2.45) is 5.41 Å². The molecule has 5 aliphatic rings. The first-order valence-corrected chi connectivity index (χ1v) is 13.2. The van der Waals surface area contributed by atoms with Crippen LogP contribution >= 0.6 is 0 Å².